The normalized spacial score (nSPS) is 11.3. The quantitative estimate of drug-likeness (QED) is 0.817. The Morgan fingerprint density at radius 3 is 2.70 bits per heavy atom. The summed E-state index contributed by atoms with van der Waals surface area (Å²) in [5.74, 6) is 1.06. The summed E-state index contributed by atoms with van der Waals surface area (Å²) in [4.78, 5) is 0.430. The number of rotatable bonds is 3. The molecule has 104 valence electrons. The van der Waals surface area contributed by atoms with Crippen molar-refractivity contribution in [3.8, 4) is 6.07 Å². The van der Waals surface area contributed by atoms with Gasteiger partial charge in [-0.1, -0.05) is 0 Å². The lowest BCUT2D eigenvalue weighted by Crippen LogP contribution is -2.07. The van der Waals surface area contributed by atoms with E-state index in [9.17, 15) is 13.2 Å². The van der Waals surface area contributed by atoms with E-state index in [1.807, 2.05) is 0 Å². The summed E-state index contributed by atoms with van der Waals surface area (Å²) >= 11 is 1.21. The first-order valence-electron chi connectivity index (χ1n) is 5.49. The Morgan fingerprint density at radius 2 is 2.15 bits per heavy atom. The van der Waals surface area contributed by atoms with Crippen LogP contribution in [0.25, 0.3) is 0 Å². The molecule has 1 heterocycles. The van der Waals surface area contributed by atoms with Crippen LogP contribution in [0, 0.1) is 11.3 Å². The minimum atomic E-state index is -4.54. The summed E-state index contributed by atoms with van der Waals surface area (Å²) in [5.41, 5.74) is -1.29. The highest BCUT2D eigenvalue weighted by Gasteiger charge is 2.33. The molecular weight excluding hydrogens is 289 g/mol. The first-order chi connectivity index (χ1) is 9.41. The van der Waals surface area contributed by atoms with Crippen molar-refractivity contribution in [3.05, 3.63) is 41.5 Å². The first kappa shape index (κ1) is 14.4. The maximum absolute atomic E-state index is 12.8. The number of nitriles is 1. The molecule has 0 radical (unpaired) electrons. The van der Waals surface area contributed by atoms with Crippen LogP contribution >= 0.6 is 11.8 Å². The van der Waals surface area contributed by atoms with Gasteiger partial charge < -0.3 is 4.57 Å². The maximum Gasteiger partial charge on any atom is 0.417 e. The summed E-state index contributed by atoms with van der Waals surface area (Å²) in [6, 6.07) is 5.22. The van der Waals surface area contributed by atoms with Gasteiger partial charge >= 0.3 is 6.18 Å². The predicted octanol–water partition coefficient (Wildman–Crippen LogP) is 3.00. The highest BCUT2D eigenvalue weighted by atomic mass is 32.2. The Balaban J connectivity index is 2.22. The summed E-state index contributed by atoms with van der Waals surface area (Å²) in [6.45, 7) is 0. The van der Waals surface area contributed by atoms with E-state index in [2.05, 4.69) is 10.2 Å². The molecule has 4 nitrogen and oxygen atoms in total. The third kappa shape index (κ3) is 3.11. The van der Waals surface area contributed by atoms with Crippen molar-refractivity contribution in [2.75, 3.05) is 0 Å². The van der Waals surface area contributed by atoms with Crippen molar-refractivity contribution < 1.29 is 13.2 Å². The zero-order chi connectivity index (χ0) is 14.8. The van der Waals surface area contributed by atoms with E-state index in [0.717, 1.165) is 6.07 Å². The molecule has 0 unspecified atom stereocenters. The minimum absolute atomic E-state index is 0.375. The summed E-state index contributed by atoms with van der Waals surface area (Å²) in [6.07, 6.45) is -3.01. The molecule has 0 bridgehead atoms. The Labute approximate surface area is 117 Å². The largest absolute Gasteiger partial charge is 0.417 e. The lowest BCUT2D eigenvalue weighted by molar-refractivity contribution is -0.137. The second kappa shape index (κ2) is 5.54. The Kier molecular flexibility index (Phi) is 3.99. The van der Waals surface area contributed by atoms with E-state index in [-0.39, 0.29) is 5.56 Å². The van der Waals surface area contributed by atoms with E-state index in [4.69, 9.17) is 5.26 Å². The molecule has 0 aliphatic heterocycles. The van der Waals surface area contributed by atoms with Crippen LogP contribution < -0.4 is 0 Å². The predicted molar refractivity (Wildman–Crippen MR) is 66.7 cm³/mol. The van der Waals surface area contributed by atoms with E-state index in [0.29, 0.717) is 16.5 Å². The summed E-state index contributed by atoms with van der Waals surface area (Å²) < 4.78 is 40.1. The molecule has 2 aromatic rings. The van der Waals surface area contributed by atoms with Gasteiger partial charge in [-0.3, -0.25) is 0 Å². The van der Waals surface area contributed by atoms with Gasteiger partial charge in [0, 0.05) is 11.9 Å². The van der Waals surface area contributed by atoms with Crippen LogP contribution in [0.15, 0.2) is 29.4 Å². The number of benzene rings is 1. The molecule has 0 fully saturated rings. The Bertz CT molecular complexity index is 657. The van der Waals surface area contributed by atoms with E-state index in [1.54, 1.807) is 17.7 Å². The zero-order valence-corrected chi connectivity index (χ0v) is 11.2. The summed E-state index contributed by atoms with van der Waals surface area (Å²) in [5, 5.41) is 16.3. The molecule has 0 aliphatic carbocycles. The highest BCUT2D eigenvalue weighted by molar-refractivity contribution is 7.98. The standard InChI is InChI=1S/C12H9F3N4S/c1-19-7-17-18-11(19)6-20-9-3-2-8(5-16)10(4-9)12(13,14)15/h2-4,7H,6H2,1H3. The molecule has 0 N–H and O–H groups in total. The van der Waals surface area contributed by atoms with Gasteiger partial charge in [0.2, 0.25) is 0 Å². The molecule has 0 spiro atoms. The van der Waals surface area contributed by atoms with Gasteiger partial charge in [0.1, 0.15) is 12.2 Å². The number of nitrogens with zero attached hydrogens (tertiary/aromatic N) is 4. The molecule has 2 rings (SSSR count). The smallest absolute Gasteiger partial charge is 0.320 e. The molecule has 0 amide bonds. The molecule has 1 aromatic carbocycles. The van der Waals surface area contributed by atoms with Crippen LogP contribution in [0.2, 0.25) is 0 Å². The van der Waals surface area contributed by atoms with Crippen molar-refractivity contribution in [2.45, 2.75) is 16.8 Å². The fraction of sp³-hybridized carbons (Fsp3) is 0.250. The van der Waals surface area contributed by atoms with Crippen molar-refractivity contribution >= 4 is 11.8 Å². The van der Waals surface area contributed by atoms with Gasteiger partial charge in [0.05, 0.1) is 22.9 Å². The summed E-state index contributed by atoms with van der Waals surface area (Å²) in [7, 11) is 1.76. The van der Waals surface area contributed by atoms with Crippen molar-refractivity contribution in [1.82, 2.24) is 14.8 Å². The number of aromatic nitrogens is 3. The number of halogens is 3. The van der Waals surface area contributed by atoms with Crippen molar-refractivity contribution in [2.24, 2.45) is 7.05 Å². The second-order valence-corrected chi connectivity index (χ2v) is 5.01. The third-order valence-corrected chi connectivity index (χ3v) is 3.58. The van der Waals surface area contributed by atoms with Gasteiger partial charge in [0.25, 0.3) is 0 Å². The topological polar surface area (TPSA) is 54.5 Å². The average Bonchev–Trinajstić information content (AvgIpc) is 2.80. The van der Waals surface area contributed by atoms with Crippen LogP contribution in [0.3, 0.4) is 0 Å². The molecule has 8 heteroatoms. The van der Waals surface area contributed by atoms with Crippen LogP contribution in [0.4, 0.5) is 13.2 Å². The number of alkyl halides is 3. The van der Waals surface area contributed by atoms with E-state index < -0.39 is 11.7 Å². The minimum Gasteiger partial charge on any atom is -0.320 e. The van der Waals surface area contributed by atoms with Gasteiger partial charge in [-0.05, 0) is 18.2 Å². The van der Waals surface area contributed by atoms with Gasteiger partial charge in [0.15, 0.2) is 0 Å². The molecule has 0 saturated carbocycles. The second-order valence-electron chi connectivity index (χ2n) is 3.96. The van der Waals surface area contributed by atoms with E-state index in [1.165, 1.54) is 30.2 Å². The van der Waals surface area contributed by atoms with Crippen molar-refractivity contribution in [3.63, 3.8) is 0 Å². The molecule has 1 aromatic heterocycles. The molecule has 0 aliphatic rings. The molecular formula is C12H9F3N4S. The van der Waals surface area contributed by atoms with Crippen LogP contribution in [-0.2, 0) is 19.0 Å². The average molecular weight is 298 g/mol. The highest BCUT2D eigenvalue weighted by Crippen LogP contribution is 2.35. The lowest BCUT2D eigenvalue weighted by Gasteiger charge is -2.10. The maximum atomic E-state index is 12.8. The third-order valence-electron chi connectivity index (χ3n) is 2.59. The van der Waals surface area contributed by atoms with Gasteiger partial charge in [-0.2, -0.15) is 18.4 Å². The Morgan fingerprint density at radius 1 is 1.40 bits per heavy atom. The fourth-order valence-electron chi connectivity index (χ4n) is 1.53. The number of thioether (sulfide) groups is 1. The molecule has 0 saturated heterocycles. The van der Waals surface area contributed by atoms with Crippen LogP contribution in [-0.4, -0.2) is 14.8 Å². The fourth-order valence-corrected chi connectivity index (χ4v) is 2.45. The zero-order valence-electron chi connectivity index (χ0n) is 10.3. The van der Waals surface area contributed by atoms with E-state index >= 15 is 0 Å². The van der Waals surface area contributed by atoms with Crippen molar-refractivity contribution in [1.29, 1.82) is 5.26 Å². The number of aryl methyl sites for hydroxylation is 1. The Hall–Kier alpha value is -2.01. The molecule has 20 heavy (non-hydrogen) atoms. The van der Waals surface area contributed by atoms with Gasteiger partial charge in [-0.15, -0.1) is 22.0 Å². The lowest BCUT2D eigenvalue weighted by atomic mass is 10.1. The van der Waals surface area contributed by atoms with Crippen LogP contribution in [0.1, 0.15) is 17.0 Å². The monoisotopic (exact) mass is 298 g/mol. The van der Waals surface area contributed by atoms with Crippen LogP contribution in [0.5, 0.6) is 0 Å². The first-order valence-corrected chi connectivity index (χ1v) is 6.47. The number of hydrogen-bond donors (Lipinski definition) is 0. The van der Waals surface area contributed by atoms with Gasteiger partial charge in [-0.25, -0.2) is 0 Å². The SMILES string of the molecule is Cn1cnnc1CSc1ccc(C#N)c(C(F)(F)F)c1. The molecule has 0 atom stereocenters. The number of hydrogen-bond acceptors (Lipinski definition) is 4.